The third kappa shape index (κ3) is 6.10. The lowest BCUT2D eigenvalue weighted by atomic mass is 9.78. The minimum Gasteiger partial charge on any atom is -0.361 e. The molecule has 8 aromatic rings. The van der Waals surface area contributed by atoms with Crippen molar-refractivity contribution in [2.24, 2.45) is 0 Å². The van der Waals surface area contributed by atoms with E-state index in [2.05, 4.69) is 205 Å². The van der Waals surface area contributed by atoms with Crippen molar-refractivity contribution in [3.8, 4) is 22.3 Å². The number of nitrogens with zero attached hydrogens (tertiary/aromatic N) is 2. The average molecular weight is 794 g/mol. The van der Waals surface area contributed by atoms with Crippen LogP contribution in [0.3, 0.4) is 0 Å². The third-order valence-electron chi connectivity index (χ3n) is 11.8. The average Bonchev–Trinajstić information content (AvgIpc) is 3.14. The SMILES string of the molecule is Cc1cc(C(C)(C)C)cc(C)c1-c1c2ccccc2c(C(=[N+]=[N-])c2c3ccccc3c(-c3c(C)cc(C(C)(C)C)cc3C)c3ccc(Br)cc23)c2ccccc12. The Balaban J connectivity index is 1.50. The topological polar surface area (TPSA) is 36.4 Å². The fraction of sp³-hybridized carbons (Fsp3) is 0.226. The van der Waals surface area contributed by atoms with Crippen molar-refractivity contribution in [3.05, 3.63) is 170 Å². The van der Waals surface area contributed by atoms with Crippen LogP contribution in [0.2, 0.25) is 0 Å². The first-order valence-electron chi connectivity index (χ1n) is 19.6. The highest BCUT2D eigenvalue weighted by Gasteiger charge is 2.31. The molecular formula is C53H49BrN2. The van der Waals surface area contributed by atoms with E-state index >= 15 is 0 Å². The summed E-state index contributed by atoms with van der Waals surface area (Å²) in [7, 11) is 0. The van der Waals surface area contributed by atoms with Gasteiger partial charge in [0.1, 0.15) is 0 Å². The summed E-state index contributed by atoms with van der Waals surface area (Å²) in [5.74, 6) is 0. The minimum absolute atomic E-state index is 0.0355. The molecule has 8 aromatic carbocycles. The van der Waals surface area contributed by atoms with Crippen LogP contribution in [0.1, 0.15) is 86.1 Å². The fourth-order valence-corrected chi connectivity index (χ4v) is 9.50. The molecule has 2 nitrogen and oxygen atoms in total. The molecule has 8 rings (SSSR count). The Morgan fingerprint density at radius 3 is 1.09 bits per heavy atom. The number of aryl methyl sites for hydroxylation is 4. The normalized spacial score (nSPS) is 12.2. The van der Waals surface area contributed by atoms with E-state index in [4.69, 9.17) is 0 Å². The number of benzene rings is 8. The first-order chi connectivity index (χ1) is 26.6. The predicted octanol–water partition coefficient (Wildman–Crippen LogP) is 15.3. The number of hydrogen-bond donors (Lipinski definition) is 0. The smallest absolute Gasteiger partial charge is 0.332 e. The number of hydrogen-bond acceptors (Lipinski definition) is 0. The Hall–Kier alpha value is -5.34. The van der Waals surface area contributed by atoms with Crippen LogP contribution in [-0.2, 0) is 10.8 Å². The molecule has 3 heteroatoms. The highest BCUT2D eigenvalue weighted by Crippen LogP contribution is 2.47. The van der Waals surface area contributed by atoms with E-state index in [-0.39, 0.29) is 10.8 Å². The summed E-state index contributed by atoms with van der Waals surface area (Å²) >= 11 is 3.84. The molecule has 0 N–H and O–H groups in total. The summed E-state index contributed by atoms with van der Waals surface area (Å²) in [6.07, 6.45) is 0. The second kappa shape index (κ2) is 13.7. The quantitative estimate of drug-likeness (QED) is 0.0737. The molecule has 0 unspecified atom stereocenters. The zero-order valence-corrected chi connectivity index (χ0v) is 35.8. The molecule has 0 bridgehead atoms. The van der Waals surface area contributed by atoms with Crippen molar-refractivity contribution in [1.29, 1.82) is 0 Å². The first-order valence-corrected chi connectivity index (χ1v) is 20.4. The van der Waals surface area contributed by atoms with Crippen LogP contribution in [0.5, 0.6) is 0 Å². The molecule has 0 saturated heterocycles. The maximum Gasteiger partial charge on any atom is 0.332 e. The predicted molar refractivity (Wildman–Crippen MR) is 245 cm³/mol. The molecule has 0 heterocycles. The van der Waals surface area contributed by atoms with E-state index < -0.39 is 0 Å². The Bertz CT molecular complexity index is 2880. The molecule has 278 valence electrons. The van der Waals surface area contributed by atoms with Crippen molar-refractivity contribution >= 4 is 64.7 Å². The maximum absolute atomic E-state index is 11.5. The highest BCUT2D eigenvalue weighted by atomic mass is 79.9. The van der Waals surface area contributed by atoms with Crippen LogP contribution in [0.4, 0.5) is 0 Å². The minimum atomic E-state index is 0.0355. The van der Waals surface area contributed by atoms with Gasteiger partial charge in [-0.25, -0.2) is 0 Å². The molecule has 0 spiro atoms. The first kappa shape index (κ1) is 37.6. The molecule has 0 aromatic heterocycles. The zero-order chi connectivity index (χ0) is 39.8. The van der Waals surface area contributed by atoms with Gasteiger partial charge in [0.2, 0.25) is 0 Å². The molecule has 0 aliphatic rings. The second-order valence-electron chi connectivity index (χ2n) is 17.7. The summed E-state index contributed by atoms with van der Waals surface area (Å²) in [6.45, 7) is 22.6. The van der Waals surface area contributed by atoms with Crippen LogP contribution in [0.25, 0.3) is 70.9 Å². The van der Waals surface area contributed by atoms with Crippen molar-refractivity contribution < 1.29 is 4.79 Å². The van der Waals surface area contributed by atoms with Crippen LogP contribution in [0, 0.1) is 27.7 Å². The van der Waals surface area contributed by atoms with Gasteiger partial charge in [-0.3, -0.25) is 0 Å². The number of halogens is 1. The van der Waals surface area contributed by atoms with E-state index in [1.807, 2.05) is 0 Å². The Labute approximate surface area is 340 Å². The zero-order valence-electron chi connectivity index (χ0n) is 34.2. The summed E-state index contributed by atoms with van der Waals surface area (Å²) in [6, 6.07) is 41.9. The maximum atomic E-state index is 11.5. The molecule has 0 amide bonds. The van der Waals surface area contributed by atoms with Crippen LogP contribution >= 0.6 is 15.9 Å². The van der Waals surface area contributed by atoms with E-state index in [9.17, 15) is 5.53 Å². The van der Waals surface area contributed by atoms with Gasteiger partial charge in [0.05, 0.1) is 11.1 Å². The van der Waals surface area contributed by atoms with E-state index in [0.29, 0.717) is 5.71 Å². The van der Waals surface area contributed by atoms with Gasteiger partial charge in [0.25, 0.3) is 0 Å². The Morgan fingerprint density at radius 1 is 0.429 bits per heavy atom. The van der Waals surface area contributed by atoms with Crippen LogP contribution in [0.15, 0.2) is 120 Å². The van der Waals surface area contributed by atoms with Gasteiger partial charge in [0.15, 0.2) is 0 Å². The van der Waals surface area contributed by atoms with Gasteiger partial charge >= 0.3 is 5.71 Å². The molecule has 0 aliphatic heterocycles. The standard InChI is InChI=1S/C53H49BrN2/c1-30-25-34(52(5,6)7)26-31(2)45(30)47-37-17-11-14-20-40(37)49(41-21-15-12-18-38(41)47)51(56-55)50-42-22-16-13-19-39(42)48(43-24-23-36(54)29-44(43)50)46-32(3)27-35(28-33(46)4)53(8,9)10/h11-29H,1-10H3. The lowest BCUT2D eigenvalue weighted by Crippen LogP contribution is -2.13. The van der Waals surface area contributed by atoms with Gasteiger partial charge in [-0.1, -0.05) is 161 Å². The summed E-state index contributed by atoms with van der Waals surface area (Å²) in [5, 5.41) is 8.68. The van der Waals surface area contributed by atoms with Crippen LogP contribution in [-0.4, -0.2) is 10.5 Å². The van der Waals surface area contributed by atoms with Gasteiger partial charge in [-0.2, -0.15) is 4.79 Å². The molecule has 56 heavy (non-hydrogen) atoms. The van der Waals surface area contributed by atoms with Gasteiger partial charge in [0, 0.05) is 4.47 Å². The molecule has 0 radical (unpaired) electrons. The molecule has 0 atom stereocenters. The van der Waals surface area contributed by atoms with E-state index in [1.54, 1.807) is 0 Å². The molecule has 0 saturated carbocycles. The van der Waals surface area contributed by atoms with Gasteiger partial charge in [-0.05, 0) is 149 Å². The molecule has 0 aliphatic carbocycles. The highest BCUT2D eigenvalue weighted by molar-refractivity contribution is 9.10. The van der Waals surface area contributed by atoms with E-state index in [1.165, 1.54) is 55.6 Å². The van der Waals surface area contributed by atoms with Crippen molar-refractivity contribution in [3.63, 3.8) is 0 Å². The van der Waals surface area contributed by atoms with Crippen molar-refractivity contribution in [1.82, 2.24) is 0 Å². The second-order valence-corrected chi connectivity index (χ2v) is 18.7. The lowest BCUT2D eigenvalue weighted by molar-refractivity contribution is -0.00233. The third-order valence-corrected chi connectivity index (χ3v) is 12.3. The van der Waals surface area contributed by atoms with Crippen molar-refractivity contribution in [2.75, 3.05) is 0 Å². The monoisotopic (exact) mass is 792 g/mol. The Kier molecular flexibility index (Phi) is 9.19. The summed E-state index contributed by atoms with van der Waals surface area (Å²) < 4.78 is 0.969. The summed E-state index contributed by atoms with van der Waals surface area (Å²) in [4.78, 5) is 4.31. The number of fused-ring (bicyclic) bond motifs is 4. The molecular weight excluding hydrogens is 745 g/mol. The fourth-order valence-electron chi connectivity index (χ4n) is 9.13. The molecule has 0 fully saturated rings. The lowest BCUT2D eigenvalue weighted by Gasteiger charge is -2.25. The summed E-state index contributed by atoms with van der Waals surface area (Å²) in [5.41, 5.74) is 26.5. The van der Waals surface area contributed by atoms with E-state index in [0.717, 1.165) is 58.7 Å². The number of rotatable bonds is 4. The van der Waals surface area contributed by atoms with Crippen molar-refractivity contribution in [2.45, 2.75) is 80.1 Å². The largest absolute Gasteiger partial charge is 0.361 e. The Morgan fingerprint density at radius 2 is 0.750 bits per heavy atom. The van der Waals surface area contributed by atoms with Gasteiger partial charge < -0.3 is 5.53 Å². The van der Waals surface area contributed by atoms with Crippen LogP contribution < -0.4 is 0 Å². The van der Waals surface area contributed by atoms with Gasteiger partial charge in [-0.15, -0.1) is 0 Å².